The zero-order valence-corrected chi connectivity index (χ0v) is 21.2. The molecule has 3 fully saturated rings. The Labute approximate surface area is 214 Å². The minimum atomic E-state index is -4.35. The van der Waals surface area contributed by atoms with Crippen LogP contribution in [-0.2, 0) is 26.0 Å². The number of anilines is 1. The number of esters is 1. The molecule has 3 aliphatic rings. The second-order valence-corrected chi connectivity index (χ2v) is 11.4. The molecule has 3 saturated heterocycles. The molecule has 2 aromatic carbocycles. The average Bonchev–Trinajstić information content (AvgIpc) is 3.39. The Morgan fingerprint density at radius 2 is 1.46 bits per heavy atom. The van der Waals surface area contributed by atoms with Crippen molar-refractivity contribution < 1.29 is 32.2 Å². The van der Waals surface area contributed by atoms with Crippen LogP contribution in [0.2, 0.25) is 0 Å². The van der Waals surface area contributed by atoms with Gasteiger partial charge in [0.05, 0.1) is 24.2 Å². The summed E-state index contributed by atoms with van der Waals surface area (Å²) in [6.07, 6.45) is -4.35. The first kappa shape index (κ1) is 25.6. The van der Waals surface area contributed by atoms with Gasteiger partial charge >= 0.3 is 12.1 Å². The lowest BCUT2D eigenvalue weighted by atomic mass is 9.89. The van der Waals surface area contributed by atoms with Gasteiger partial charge in [-0.15, -0.1) is 0 Å². The van der Waals surface area contributed by atoms with Crippen LogP contribution in [0, 0.1) is 17.3 Å². The molecule has 198 valence electrons. The molecule has 0 aromatic heterocycles. The Hall–Kier alpha value is -3.07. The monoisotopic (exact) mass is 516 g/mol. The molecule has 9 heteroatoms. The Morgan fingerprint density at radius 1 is 0.892 bits per heavy atom. The predicted molar refractivity (Wildman–Crippen MR) is 131 cm³/mol. The van der Waals surface area contributed by atoms with Gasteiger partial charge in [-0.3, -0.25) is 9.59 Å². The van der Waals surface area contributed by atoms with Crippen LogP contribution in [0.4, 0.5) is 18.9 Å². The fourth-order valence-electron chi connectivity index (χ4n) is 5.23. The normalized spacial score (nSPS) is 23.0. The zero-order valence-electron chi connectivity index (χ0n) is 21.2. The molecule has 0 saturated carbocycles. The van der Waals surface area contributed by atoms with E-state index < -0.39 is 22.8 Å². The summed E-state index contributed by atoms with van der Waals surface area (Å²) >= 11 is 0. The molecule has 0 aliphatic carbocycles. The number of rotatable bonds is 4. The van der Waals surface area contributed by atoms with Crippen molar-refractivity contribution in [2.45, 2.75) is 32.5 Å². The number of halogens is 3. The van der Waals surface area contributed by atoms with Gasteiger partial charge in [-0.1, -0.05) is 12.1 Å². The predicted octanol–water partition coefficient (Wildman–Crippen LogP) is 4.73. The summed E-state index contributed by atoms with van der Waals surface area (Å²) in [5, 5.41) is 0. The van der Waals surface area contributed by atoms with Gasteiger partial charge in [0.1, 0.15) is 0 Å². The van der Waals surface area contributed by atoms with Gasteiger partial charge in [0.2, 0.25) is 0 Å². The van der Waals surface area contributed by atoms with Crippen LogP contribution in [-0.4, -0.2) is 56.2 Å². The van der Waals surface area contributed by atoms with E-state index in [0.29, 0.717) is 31.7 Å². The highest BCUT2D eigenvalue weighted by molar-refractivity contribution is 5.94. The van der Waals surface area contributed by atoms with Gasteiger partial charge < -0.3 is 19.3 Å². The van der Waals surface area contributed by atoms with Crippen molar-refractivity contribution >= 4 is 17.6 Å². The SMILES string of the molecule is CC(C)(C)C(=O)OC1(c2ccc(C(=O)N3CC4CN(c5ccc(C(F)(F)F)cc5)CC4C3)cc2)COC1. The molecule has 0 N–H and O–H groups in total. The van der Waals surface area contributed by atoms with Crippen molar-refractivity contribution in [3.63, 3.8) is 0 Å². The Balaban J connectivity index is 1.20. The maximum atomic E-state index is 13.2. The van der Waals surface area contributed by atoms with Crippen molar-refractivity contribution in [1.82, 2.24) is 4.90 Å². The van der Waals surface area contributed by atoms with E-state index in [2.05, 4.69) is 4.90 Å². The first-order valence-corrected chi connectivity index (χ1v) is 12.5. The fourth-order valence-corrected chi connectivity index (χ4v) is 5.23. The van der Waals surface area contributed by atoms with Gasteiger partial charge in [0.25, 0.3) is 5.91 Å². The van der Waals surface area contributed by atoms with Gasteiger partial charge in [-0.25, -0.2) is 0 Å². The number of fused-ring (bicyclic) bond motifs is 1. The van der Waals surface area contributed by atoms with Gasteiger partial charge in [0, 0.05) is 54.8 Å². The first-order valence-electron chi connectivity index (χ1n) is 12.5. The number of amides is 1. The van der Waals surface area contributed by atoms with Crippen molar-refractivity contribution in [2.75, 3.05) is 44.3 Å². The number of ether oxygens (including phenoxy) is 2. The molecule has 5 rings (SSSR count). The largest absolute Gasteiger partial charge is 0.449 e. The van der Waals surface area contributed by atoms with Crippen LogP contribution in [0.25, 0.3) is 0 Å². The summed E-state index contributed by atoms with van der Waals surface area (Å²) in [6, 6.07) is 12.5. The van der Waals surface area contributed by atoms with Crippen LogP contribution < -0.4 is 4.90 Å². The number of hydrogen-bond acceptors (Lipinski definition) is 5. The van der Waals surface area contributed by atoms with Crippen molar-refractivity contribution in [2.24, 2.45) is 17.3 Å². The average molecular weight is 517 g/mol. The molecular weight excluding hydrogens is 485 g/mol. The Morgan fingerprint density at radius 3 is 1.92 bits per heavy atom. The van der Waals surface area contributed by atoms with Crippen molar-refractivity contribution in [1.29, 1.82) is 0 Å². The lowest BCUT2D eigenvalue weighted by Crippen LogP contribution is -2.51. The third kappa shape index (κ3) is 4.93. The second kappa shape index (κ2) is 9.04. The van der Waals surface area contributed by atoms with Gasteiger partial charge in [0.15, 0.2) is 5.60 Å². The Bertz CT molecular complexity index is 1150. The lowest BCUT2D eigenvalue weighted by molar-refractivity contribution is -0.224. The van der Waals surface area contributed by atoms with Crippen molar-refractivity contribution in [3.8, 4) is 0 Å². The summed E-state index contributed by atoms with van der Waals surface area (Å²) in [5.74, 6) is 0.202. The van der Waals surface area contributed by atoms with E-state index in [1.807, 2.05) is 17.0 Å². The van der Waals surface area contributed by atoms with E-state index in [1.165, 1.54) is 12.1 Å². The van der Waals surface area contributed by atoms with Crippen LogP contribution in [0.15, 0.2) is 48.5 Å². The summed E-state index contributed by atoms with van der Waals surface area (Å²) in [7, 11) is 0. The second-order valence-electron chi connectivity index (χ2n) is 11.4. The van der Waals surface area contributed by atoms with Crippen LogP contribution in [0.5, 0.6) is 0 Å². The van der Waals surface area contributed by atoms with E-state index in [1.54, 1.807) is 32.9 Å². The number of carbonyl (C=O) groups is 2. The standard InChI is InChI=1S/C28H31F3N2O4/c1-26(2,3)25(35)37-27(16-36-17-27)21-6-4-18(5-7-21)24(34)33-14-19-12-32(13-20(19)15-33)23-10-8-22(9-11-23)28(29,30)31/h4-11,19-20H,12-17H2,1-3H3. The highest BCUT2D eigenvalue weighted by Crippen LogP contribution is 2.38. The molecule has 37 heavy (non-hydrogen) atoms. The van der Waals surface area contributed by atoms with Crippen LogP contribution in [0.1, 0.15) is 42.3 Å². The quantitative estimate of drug-likeness (QED) is 0.550. The highest BCUT2D eigenvalue weighted by Gasteiger charge is 2.46. The number of carbonyl (C=O) groups excluding carboxylic acids is 2. The summed E-state index contributed by atoms with van der Waals surface area (Å²) in [5.41, 5.74) is 0.0463. The van der Waals surface area contributed by atoms with E-state index >= 15 is 0 Å². The molecule has 0 spiro atoms. The minimum absolute atomic E-state index is 0.0485. The number of likely N-dealkylation sites (tertiary alicyclic amines) is 1. The molecule has 1 amide bonds. The van der Waals surface area contributed by atoms with E-state index in [4.69, 9.17) is 9.47 Å². The summed E-state index contributed by atoms with van der Waals surface area (Å²) < 4.78 is 49.8. The number of benzene rings is 2. The third-order valence-corrected chi connectivity index (χ3v) is 7.56. The van der Waals surface area contributed by atoms with Gasteiger partial charge in [-0.05, 0) is 57.2 Å². The summed E-state index contributed by atoms with van der Waals surface area (Å²) in [6.45, 7) is 8.63. The molecule has 3 heterocycles. The maximum Gasteiger partial charge on any atom is 0.416 e. The van der Waals surface area contributed by atoms with E-state index in [-0.39, 0.29) is 36.9 Å². The fraction of sp³-hybridized carbons (Fsp3) is 0.500. The maximum absolute atomic E-state index is 13.2. The molecular formula is C28H31F3N2O4. The molecule has 0 bridgehead atoms. The molecule has 2 atom stereocenters. The molecule has 6 nitrogen and oxygen atoms in total. The smallest absolute Gasteiger partial charge is 0.416 e. The van der Waals surface area contributed by atoms with E-state index in [9.17, 15) is 22.8 Å². The lowest BCUT2D eigenvalue weighted by Gasteiger charge is -2.42. The third-order valence-electron chi connectivity index (χ3n) is 7.56. The number of alkyl halides is 3. The van der Waals surface area contributed by atoms with Crippen molar-refractivity contribution in [3.05, 3.63) is 65.2 Å². The van der Waals surface area contributed by atoms with Crippen LogP contribution >= 0.6 is 0 Å². The zero-order chi connectivity index (χ0) is 26.6. The highest BCUT2D eigenvalue weighted by atomic mass is 19.4. The summed E-state index contributed by atoms with van der Waals surface area (Å²) in [4.78, 5) is 29.6. The minimum Gasteiger partial charge on any atom is -0.449 e. The number of nitrogens with zero attached hydrogens (tertiary/aromatic N) is 2. The topological polar surface area (TPSA) is 59.1 Å². The first-order chi connectivity index (χ1) is 17.4. The van der Waals surface area contributed by atoms with Crippen LogP contribution in [0.3, 0.4) is 0 Å². The molecule has 3 aliphatic heterocycles. The van der Waals surface area contributed by atoms with E-state index in [0.717, 1.165) is 23.4 Å². The Kier molecular flexibility index (Phi) is 6.25. The molecule has 0 radical (unpaired) electrons. The molecule has 2 aromatic rings. The van der Waals surface area contributed by atoms with Gasteiger partial charge in [-0.2, -0.15) is 13.2 Å². The number of hydrogen-bond donors (Lipinski definition) is 0. The molecule has 2 unspecified atom stereocenters.